The van der Waals surface area contributed by atoms with Crippen LogP contribution in [0.2, 0.25) is 0 Å². The van der Waals surface area contributed by atoms with Gasteiger partial charge in [0.1, 0.15) is 5.01 Å². The first kappa shape index (κ1) is 12.5. The van der Waals surface area contributed by atoms with Crippen molar-refractivity contribution in [3.63, 3.8) is 0 Å². The van der Waals surface area contributed by atoms with E-state index in [2.05, 4.69) is 28.5 Å². The number of nitrogens with zero attached hydrogens (tertiary/aromatic N) is 1. The summed E-state index contributed by atoms with van der Waals surface area (Å²) in [6.07, 6.45) is 1.05. The lowest BCUT2D eigenvalue weighted by atomic mass is 10.3. The summed E-state index contributed by atoms with van der Waals surface area (Å²) in [5, 5.41) is 4.54. The molecule has 0 aliphatic carbocycles. The standard InChI is InChI=1S/C13H18N2OS/c1-2-16-9-5-8-14-10-13-15-11-6-3-4-7-12(11)17-13/h3-4,6-7,14H,2,5,8-10H2,1H3. The molecule has 0 aliphatic rings. The second-order valence-electron chi connectivity index (χ2n) is 3.80. The molecule has 0 saturated heterocycles. The van der Waals surface area contributed by atoms with Gasteiger partial charge in [-0.15, -0.1) is 11.3 Å². The van der Waals surface area contributed by atoms with E-state index in [0.29, 0.717) is 0 Å². The number of ether oxygens (including phenoxy) is 1. The summed E-state index contributed by atoms with van der Waals surface area (Å²) in [5.74, 6) is 0. The topological polar surface area (TPSA) is 34.1 Å². The van der Waals surface area contributed by atoms with Crippen LogP contribution in [0.25, 0.3) is 10.2 Å². The van der Waals surface area contributed by atoms with Crippen molar-refractivity contribution in [2.24, 2.45) is 0 Å². The van der Waals surface area contributed by atoms with Gasteiger partial charge in [-0.05, 0) is 32.0 Å². The molecule has 3 nitrogen and oxygen atoms in total. The number of benzene rings is 1. The van der Waals surface area contributed by atoms with Gasteiger partial charge in [0.05, 0.1) is 10.2 Å². The maximum absolute atomic E-state index is 5.28. The van der Waals surface area contributed by atoms with Gasteiger partial charge >= 0.3 is 0 Å². The summed E-state index contributed by atoms with van der Waals surface area (Å²) in [5.41, 5.74) is 1.10. The van der Waals surface area contributed by atoms with Crippen LogP contribution in [-0.4, -0.2) is 24.7 Å². The molecule has 0 atom stereocenters. The monoisotopic (exact) mass is 250 g/mol. The number of hydrogen-bond acceptors (Lipinski definition) is 4. The van der Waals surface area contributed by atoms with Crippen molar-refractivity contribution >= 4 is 21.6 Å². The average molecular weight is 250 g/mol. The Kier molecular flexibility index (Phi) is 4.91. The smallest absolute Gasteiger partial charge is 0.108 e. The Balaban J connectivity index is 1.75. The Morgan fingerprint density at radius 2 is 2.24 bits per heavy atom. The predicted octanol–water partition coefficient (Wildman–Crippen LogP) is 2.81. The van der Waals surface area contributed by atoms with E-state index in [-0.39, 0.29) is 0 Å². The lowest BCUT2D eigenvalue weighted by Gasteiger charge is -2.02. The number of rotatable bonds is 7. The first-order chi connectivity index (χ1) is 8.40. The quantitative estimate of drug-likeness (QED) is 0.767. The molecule has 4 heteroatoms. The van der Waals surface area contributed by atoms with Gasteiger partial charge in [0.2, 0.25) is 0 Å². The molecule has 0 spiro atoms. The molecule has 92 valence electrons. The van der Waals surface area contributed by atoms with E-state index in [0.717, 1.165) is 43.2 Å². The molecule has 1 aromatic carbocycles. The molecule has 0 aliphatic heterocycles. The number of fused-ring (bicyclic) bond motifs is 1. The molecule has 0 unspecified atom stereocenters. The van der Waals surface area contributed by atoms with Crippen molar-refractivity contribution in [3.8, 4) is 0 Å². The Hall–Kier alpha value is -0.970. The van der Waals surface area contributed by atoms with Crippen LogP contribution in [0.5, 0.6) is 0 Å². The number of nitrogens with one attached hydrogen (secondary N) is 1. The molecule has 1 aromatic heterocycles. The van der Waals surface area contributed by atoms with E-state index in [1.54, 1.807) is 11.3 Å². The fourth-order valence-electron chi connectivity index (χ4n) is 1.63. The van der Waals surface area contributed by atoms with Crippen LogP contribution >= 0.6 is 11.3 Å². The number of aromatic nitrogens is 1. The first-order valence-electron chi connectivity index (χ1n) is 6.03. The van der Waals surface area contributed by atoms with Crippen molar-refractivity contribution in [2.75, 3.05) is 19.8 Å². The molecule has 0 bridgehead atoms. The zero-order valence-electron chi connectivity index (χ0n) is 10.1. The third-order valence-corrected chi connectivity index (χ3v) is 3.50. The van der Waals surface area contributed by atoms with E-state index in [4.69, 9.17) is 4.74 Å². The van der Waals surface area contributed by atoms with Crippen LogP contribution in [0.4, 0.5) is 0 Å². The van der Waals surface area contributed by atoms with Gasteiger partial charge in [0, 0.05) is 19.8 Å². The lowest BCUT2D eigenvalue weighted by Crippen LogP contribution is -2.16. The minimum Gasteiger partial charge on any atom is -0.382 e. The maximum Gasteiger partial charge on any atom is 0.108 e. The summed E-state index contributed by atoms with van der Waals surface area (Å²) < 4.78 is 6.54. The zero-order chi connectivity index (χ0) is 11.9. The molecular formula is C13H18N2OS. The van der Waals surface area contributed by atoms with Gasteiger partial charge in [-0.25, -0.2) is 4.98 Å². The van der Waals surface area contributed by atoms with Crippen LogP contribution in [0.3, 0.4) is 0 Å². The fraction of sp³-hybridized carbons (Fsp3) is 0.462. The highest BCUT2D eigenvalue weighted by Crippen LogP contribution is 2.21. The number of hydrogen-bond donors (Lipinski definition) is 1. The second-order valence-corrected chi connectivity index (χ2v) is 4.92. The summed E-state index contributed by atoms with van der Waals surface area (Å²) in [6, 6.07) is 8.26. The van der Waals surface area contributed by atoms with Crippen LogP contribution in [0, 0.1) is 0 Å². The van der Waals surface area contributed by atoms with Gasteiger partial charge in [0.25, 0.3) is 0 Å². The third kappa shape index (κ3) is 3.77. The van der Waals surface area contributed by atoms with E-state index in [1.165, 1.54) is 4.70 Å². The Morgan fingerprint density at radius 3 is 3.06 bits per heavy atom. The number of thiazole rings is 1. The highest BCUT2D eigenvalue weighted by molar-refractivity contribution is 7.18. The summed E-state index contributed by atoms with van der Waals surface area (Å²) in [4.78, 5) is 4.57. The van der Waals surface area contributed by atoms with Crippen LogP contribution < -0.4 is 5.32 Å². The largest absolute Gasteiger partial charge is 0.382 e. The molecule has 2 rings (SSSR count). The molecule has 2 aromatic rings. The van der Waals surface area contributed by atoms with Gasteiger partial charge in [-0.2, -0.15) is 0 Å². The van der Waals surface area contributed by atoms with Crippen molar-refractivity contribution in [1.29, 1.82) is 0 Å². The molecule has 1 N–H and O–H groups in total. The second kappa shape index (κ2) is 6.69. The Labute approximate surface area is 106 Å². The zero-order valence-corrected chi connectivity index (χ0v) is 10.9. The average Bonchev–Trinajstić information content (AvgIpc) is 2.76. The minimum absolute atomic E-state index is 0.803. The predicted molar refractivity (Wildman–Crippen MR) is 72.4 cm³/mol. The van der Waals surface area contributed by atoms with E-state index in [9.17, 15) is 0 Å². The molecule has 0 amide bonds. The Morgan fingerprint density at radius 1 is 1.35 bits per heavy atom. The minimum atomic E-state index is 0.803. The molecular weight excluding hydrogens is 232 g/mol. The van der Waals surface area contributed by atoms with Crippen molar-refractivity contribution in [2.45, 2.75) is 19.9 Å². The molecule has 0 fully saturated rings. The summed E-state index contributed by atoms with van der Waals surface area (Å²) in [6.45, 7) is 5.50. The third-order valence-electron chi connectivity index (χ3n) is 2.46. The van der Waals surface area contributed by atoms with Crippen LogP contribution in [0.15, 0.2) is 24.3 Å². The van der Waals surface area contributed by atoms with E-state index in [1.807, 2.05) is 13.0 Å². The van der Waals surface area contributed by atoms with Crippen molar-refractivity contribution < 1.29 is 4.74 Å². The SMILES string of the molecule is CCOCCCNCc1nc2ccccc2s1. The van der Waals surface area contributed by atoms with Crippen LogP contribution in [-0.2, 0) is 11.3 Å². The van der Waals surface area contributed by atoms with Gasteiger partial charge < -0.3 is 10.1 Å². The highest BCUT2D eigenvalue weighted by atomic mass is 32.1. The van der Waals surface area contributed by atoms with Gasteiger partial charge in [0.15, 0.2) is 0 Å². The van der Waals surface area contributed by atoms with Crippen molar-refractivity contribution in [1.82, 2.24) is 10.3 Å². The van der Waals surface area contributed by atoms with Crippen LogP contribution in [0.1, 0.15) is 18.4 Å². The molecule has 0 radical (unpaired) electrons. The molecule has 0 saturated carbocycles. The molecule has 17 heavy (non-hydrogen) atoms. The first-order valence-corrected chi connectivity index (χ1v) is 6.84. The normalized spacial score (nSPS) is 11.1. The van der Waals surface area contributed by atoms with E-state index < -0.39 is 0 Å². The summed E-state index contributed by atoms with van der Waals surface area (Å²) in [7, 11) is 0. The van der Waals surface area contributed by atoms with Crippen molar-refractivity contribution in [3.05, 3.63) is 29.3 Å². The fourth-order valence-corrected chi connectivity index (χ4v) is 2.57. The Bertz CT molecular complexity index is 422. The number of para-hydroxylation sites is 1. The van der Waals surface area contributed by atoms with E-state index >= 15 is 0 Å². The van der Waals surface area contributed by atoms with Gasteiger partial charge in [-0.3, -0.25) is 0 Å². The maximum atomic E-state index is 5.28. The summed E-state index contributed by atoms with van der Waals surface area (Å²) >= 11 is 1.76. The molecule has 1 heterocycles. The van der Waals surface area contributed by atoms with Gasteiger partial charge in [-0.1, -0.05) is 12.1 Å². The lowest BCUT2D eigenvalue weighted by molar-refractivity contribution is 0.144. The highest BCUT2D eigenvalue weighted by Gasteiger charge is 2.01.